The van der Waals surface area contributed by atoms with Crippen molar-refractivity contribution in [2.24, 2.45) is 5.73 Å². The molecule has 0 aliphatic heterocycles. The number of nitrogens with two attached hydrogens (primary N) is 1. The summed E-state index contributed by atoms with van der Waals surface area (Å²) < 4.78 is 27.8. The van der Waals surface area contributed by atoms with Crippen molar-refractivity contribution in [3.63, 3.8) is 0 Å². The zero-order chi connectivity index (χ0) is 13.3. The number of hydrogen-bond donors (Lipinski definition) is 1. The number of aryl methyl sites for hydroxylation is 1. The first-order valence-corrected chi connectivity index (χ1v) is 7.09. The molecule has 0 aliphatic carbocycles. The van der Waals surface area contributed by atoms with Crippen LogP contribution in [0, 0.1) is 18.6 Å². The van der Waals surface area contributed by atoms with Gasteiger partial charge in [-0.3, -0.25) is 0 Å². The highest BCUT2D eigenvalue weighted by molar-refractivity contribution is 9.10. The molecule has 0 saturated carbocycles. The second kappa shape index (κ2) is 5.47. The third kappa shape index (κ3) is 2.79. The average Bonchev–Trinajstić information content (AvgIpc) is 2.69. The minimum atomic E-state index is -0.585. The number of benzene rings is 1. The number of rotatable bonds is 3. The largest absolute Gasteiger partial charge is 0.324 e. The summed E-state index contributed by atoms with van der Waals surface area (Å²) in [5, 5.41) is 1.94. The van der Waals surface area contributed by atoms with E-state index in [2.05, 4.69) is 15.9 Å². The standard InChI is InChI=1S/C13H12BrF2NS/c1-7-4-8(11(16)5-10(7)15)12(17)6-13-9(14)2-3-18-13/h2-5,12H,6,17H2,1H3. The summed E-state index contributed by atoms with van der Waals surface area (Å²) in [6, 6.07) is 3.84. The minimum Gasteiger partial charge on any atom is -0.324 e. The van der Waals surface area contributed by atoms with E-state index in [-0.39, 0.29) is 0 Å². The Morgan fingerprint density at radius 1 is 1.33 bits per heavy atom. The van der Waals surface area contributed by atoms with Crippen molar-refractivity contribution >= 4 is 27.3 Å². The van der Waals surface area contributed by atoms with E-state index in [1.807, 2.05) is 11.4 Å². The van der Waals surface area contributed by atoms with Gasteiger partial charge in [0.2, 0.25) is 0 Å². The molecule has 1 unspecified atom stereocenters. The Kier molecular flexibility index (Phi) is 4.14. The highest BCUT2D eigenvalue weighted by Crippen LogP contribution is 2.28. The molecule has 1 aromatic carbocycles. The molecular formula is C13H12BrF2NS. The molecule has 0 aliphatic rings. The lowest BCUT2D eigenvalue weighted by Gasteiger charge is -2.13. The number of halogens is 3. The summed E-state index contributed by atoms with van der Waals surface area (Å²) in [5.41, 5.74) is 6.76. The first-order valence-electron chi connectivity index (χ1n) is 5.42. The maximum atomic E-state index is 13.7. The molecule has 2 N–H and O–H groups in total. The molecule has 0 amide bonds. The van der Waals surface area contributed by atoms with Gasteiger partial charge < -0.3 is 5.73 Å². The van der Waals surface area contributed by atoms with Crippen molar-refractivity contribution in [1.82, 2.24) is 0 Å². The van der Waals surface area contributed by atoms with Crippen molar-refractivity contribution in [3.05, 3.63) is 55.7 Å². The van der Waals surface area contributed by atoms with Crippen LogP contribution in [-0.2, 0) is 6.42 Å². The first kappa shape index (κ1) is 13.6. The SMILES string of the molecule is Cc1cc(C(N)Cc2sccc2Br)c(F)cc1F. The van der Waals surface area contributed by atoms with Crippen LogP contribution in [0.5, 0.6) is 0 Å². The van der Waals surface area contributed by atoms with Gasteiger partial charge in [0.25, 0.3) is 0 Å². The lowest BCUT2D eigenvalue weighted by molar-refractivity contribution is 0.550. The van der Waals surface area contributed by atoms with E-state index in [1.54, 1.807) is 18.3 Å². The Morgan fingerprint density at radius 3 is 2.67 bits per heavy atom. The smallest absolute Gasteiger partial charge is 0.130 e. The fraction of sp³-hybridized carbons (Fsp3) is 0.231. The van der Waals surface area contributed by atoms with E-state index in [1.165, 1.54) is 6.07 Å². The molecule has 0 saturated heterocycles. The maximum Gasteiger partial charge on any atom is 0.130 e. The third-order valence-corrected chi connectivity index (χ3v) is 4.72. The quantitative estimate of drug-likeness (QED) is 0.889. The van der Waals surface area contributed by atoms with Crippen LogP contribution in [0.15, 0.2) is 28.1 Å². The van der Waals surface area contributed by atoms with Gasteiger partial charge in [-0.05, 0) is 45.9 Å². The molecule has 1 nitrogen and oxygen atoms in total. The van der Waals surface area contributed by atoms with E-state index in [9.17, 15) is 8.78 Å². The molecule has 0 radical (unpaired) electrons. The maximum absolute atomic E-state index is 13.7. The van der Waals surface area contributed by atoms with E-state index in [0.717, 1.165) is 15.4 Å². The minimum absolute atomic E-state index is 0.356. The zero-order valence-electron chi connectivity index (χ0n) is 9.71. The fourth-order valence-corrected chi connectivity index (χ4v) is 3.32. The Balaban J connectivity index is 2.26. The van der Waals surface area contributed by atoms with E-state index in [4.69, 9.17) is 5.73 Å². The second-order valence-electron chi connectivity index (χ2n) is 4.13. The fourth-order valence-electron chi connectivity index (χ4n) is 1.74. The molecule has 0 fully saturated rings. The highest BCUT2D eigenvalue weighted by atomic mass is 79.9. The van der Waals surface area contributed by atoms with Crippen molar-refractivity contribution in [3.8, 4) is 0 Å². The Bertz CT molecular complexity index is 568. The first-order chi connectivity index (χ1) is 8.49. The number of thiophene rings is 1. The Morgan fingerprint density at radius 2 is 2.06 bits per heavy atom. The van der Waals surface area contributed by atoms with Crippen LogP contribution in [-0.4, -0.2) is 0 Å². The molecule has 5 heteroatoms. The van der Waals surface area contributed by atoms with Crippen LogP contribution < -0.4 is 5.73 Å². The molecule has 0 spiro atoms. The predicted octanol–water partition coefficient (Wildman–Crippen LogP) is 4.34. The summed E-state index contributed by atoms with van der Waals surface area (Å²) in [6.45, 7) is 1.60. The van der Waals surface area contributed by atoms with E-state index in [0.29, 0.717) is 17.5 Å². The summed E-state index contributed by atoms with van der Waals surface area (Å²) in [4.78, 5) is 1.06. The normalized spacial score (nSPS) is 12.7. The number of hydrogen-bond acceptors (Lipinski definition) is 2. The van der Waals surface area contributed by atoms with Gasteiger partial charge in [-0.15, -0.1) is 11.3 Å². The molecule has 1 atom stereocenters. The van der Waals surface area contributed by atoms with E-state index >= 15 is 0 Å². The molecule has 2 rings (SSSR count). The third-order valence-electron chi connectivity index (χ3n) is 2.77. The monoisotopic (exact) mass is 331 g/mol. The van der Waals surface area contributed by atoms with Gasteiger partial charge in [0.1, 0.15) is 11.6 Å². The van der Waals surface area contributed by atoms with Crippen LogP contribution in [0.1, 0.15) is 22.0 Å². The second-order valence-corrected chi connectivity index (χ2v) is 5.98. The van der Waals surface area contributed by atoms with Gasteiger partial charge in [0.15, 0.2) is 0 Å². The summed E-state index contributed by atoms with van der Waals surface area (Å²) in [6.07, 6.45) is 0.528. The molecular weight excluding hydrogens is 320 g/mol. The van der Waals surface area contributed by atoms with Crippen LogP contribution in [0.4, 0.5) is 8.78 Å². The molecule has 18 heavy (non-hydrogen) atoms. The Labute approximate surface area is 117 Å². The average molecular weight is 332 g/mol. The van der Waals surface area contributed by atoms with Crippen LogP contribution >= 0.6 is 27.3 Å². The summed E-state index contributed by atoms with van der Waals surface area (Å²) in [5.74, 6) is -1.13. The summed E-state index contributed by atoms with van der Waals surface area (Å²) >= 11 is 4.98. The Hall–Kier alpha value is -0.780. The molecule has 2 aromatic rings. The van der Waals surface area contributed by atoms with Crippen molar-refractivity contribution in [1.29, 1.82) is 0 Å². The molecule has 96 valence electrons. The topological polar surface area (TPSA) is 26.0 Å². The molecule has 0 bridgehead atoms. The van der Waals surface area contributed by atoms with Crippen molar-refractivity contribution in [2.75, 3.05) is 0 Å². The van der Waals surface area contributed by atoms with Gasteiger partial charge in [0.05, 0.1) is 0 Å². The van der Waals surface area contributed by atoms with Crippen LogP contribution in [0.25, 0.3) is 0 Å². The van der Waals surface area contributed by atoms with Gasteiger partial charge in [-0.1, -0.05) is 0 Å². The van der Waals surface area contributed by atoms with Crippen LogP contribution in [0.2, 0.25) is 0 Å². The predicted molar refractivity (Wildman–Crippen MR) is 73.7 cm³/mol. The van der Waals surface area contributed by atoms with Gasteiger partial charge in [-0.2, -0.15) is 0 Å². The highest BCUT2D eigenvalue weighted by Gasteiger charge is 2.16. The van der Waals surface area contributed by atoms with Gasteiger partial charge in [0, 0.05) is 33.4 Å². The van der Waals surface area contributed by atoms with Gasteiger partial charge >= 0.3 is 0 Å². The lowest BCUT2D eigenvalue weighted by Crippen LogP contribution is -2.15. The van der Waals surface area contributed by atoms with Crippen molar-refractivity contribution in [2.45, 2.75) is 19.4 Å². The molecule has 1 heterocycles. The van der Waals surface area contributed by atoms with Crippen molar-refractivity contribution < 1.29 is 8.78 Å². The van der Waals surface area contributed by atoms with E-state index < -0.39 is 17.7 Å². The van der Waals surface area contributed by atoms with Crippen LogP contribution in [0.3, 0.4) is 0 Å². The lowest BCUT2D eigenvalue weighted by atomic mass is 10.0. The molecule has 1 aromatic heterocycles. The summed E-state index contributed by atoms with van der Waals surface area (Å²) in [7, 11) is 0. The van der Waals surface area contributed by atoms with Gasteiger partial charge in [-0.25, -0.2) is 8.78 Å². The zero-order valence-corrected chi connectivity index (χ0v) is 12.1.